The van der Waals surface area contributed by atoms with Gasteiger partial charge >= 0.3 is 0 Å². The highest BCUT2D eigenvalue weighted by atomic mass is 32.2. The van der Waals surface area contributed by atoms with E-state index in [2.05, 4.69) is 5.32 Å². The maximum Gasteiger partial charge on any atom is 0.265 e. The first-order valence-corrected chi connectivity index (χ1v) is 16.3. The molecule has 0 heterocycles. The first-order chi connectivity index (χ1) is 23.1. The van der Waals surface area contributed by atoms with Gasteiger partial charge in [-0.3, -0.25) is 13.9 Å². The van der Waals surface area contributed by atoms with Crippen LogP contribution in [0, 0.1) is 5.82 Å². The number of ether oxygens (including phenoxy) is 4. The Morgan fingerprint density at radius 3 is 2.06 bits per heavy atom. The Morgan fingerprint density at radius 2 is 1.44 bits per heavy atom. The van der Waals surface area contributed by atoms with E-state index in [0.717, 1.165) is 9.87 Å². The number of carbonyl (C=O) groups is 2. The first-order valence-electron chi connectivity index (χ1n) is 14.8. The van der Waals surface area contributed by atoms with E-state index in [1.807, 2.05) is 6.07 Å². The van der Waals surface area contributed by atoms with Crippen LogP contribution in [0.4, 0.5) is 10.1 Å². The summed E-state index contributed by atoms with van der Waals surface area (Å²) in [5.41, 5.74) is 0.869. The van der Waals surface area contributed by atoms with Crippen molar-refractivity contribution in [3.8, 4) is 23.0 Å². The van der Waals surface area contributed by atoms with Crippen LogP contribution in [0.25, 0.3) is 0 Å². The molecule has 2 amide bonds. The quantitative estimate of drug-likeness (QED) is 0.196. The molecule has 0 radical (unpaired) electrons. The van der Waals surface area contributed by atoms with Crippen molar-refractivity contribution in [2.24, 2.45) is 0 Å². The van der Waals surface area contributed by atoms with Gasteiger partial charge in [0.2, 0.25) is 11.8 Å². The predicted molar refractivity (Wildman–Crippen MR) is 179 cm³/mol. The number of methoxy groups -OCH3 is 4. The number of sulfonamides is 1. The predicted octanol–water partition coefficient (Wildman–Crippen LogP) is 4.44. The van der Waals surface area contributed by atoms with Gasteiger partial charge in [0.15, 0.2) is 11.5 Å². The number of nitrogens with one attached hydrogen (secondary N) is 1. The van der Waals surface area contributed by atoms with Crippen LogP contribution in [-0.2, 0) is 32.6 Å². The highest BCUT2D eigenvalue weighted by Gasteiger charge is 2.36. The molecule has 4 rings (SSSR count). The van der Waals surface area contributed by atoms with Crippen LogP contribution in [0.3, 0.4) is 0 Å². The van der Waals surface area contributed by atoms with E-state index in [1.54, 1.807) is 36.4 Å². The fourth-order valence-electron chi connectivity index (χ4n) is 5.14. The second kappa shape index (κ2) is 16.0. The Morgan fingerprint density at radius 1 is 0.792 bits per heavy atom. The molecule has 0 bridgehead atoms. The van der Waals surface area contributed by atoms with Crippen molar-refractivity contribution in [2.75, 3.05) is 46.3 Å². The number of benzene rings is 4. The van der Waals surface area contributed by atoms with Gasteiger partial charge in [-0.25, -0.2) is 12.8 Å². The van der Waals surface area contributed by atoms with Gasteiger partial charge in [-0.15, -0.1) is 0 Å². The lowest BCUT2D eigenvalue weighted by Gasteiger charge is -2.34. The van der Waals surface area contributed by atoms with E-state index >= 15 is 4.39 Å². The topological polar surface area (TPSA) is 124 Å². The molecule has 4 aromatic carbocycles. The number of anilines is 1. The zero-order chi connectivity index (χ0) is 34.8. The fraction of sp³-hybridized carbons (Fsp3) is 0.257. The number of likely N-dealkylation sites (N-methyl/N-ethyl adjacent to an activating group) is 1. The average molecular weight is 680 g/mol. The van der Waals surface area contributed by atoms with Crippen LogP contribution in [-0.4, -0.2) is 73.2 Å². The second-order valence-electron chi connectivity index (χ2n) is 10.5. The SMILES string of the molecule is CNC(=O)[C@@H](Cc1ccccc1)N(Cc1ccccc1F)C(=O)CN(c1cc(OC)ccc1OC)S(=O)(=O)c1ccc(OC)c(OC)c1. The van der Waals surface area contributed by atoms with Gasteiger partial charge in [0.25, 0.3) is 10.0 Å². The minimum atomic E-state index is -4.55. The van der Waals surface area contributed by atoms with Crippen molar-refractivity contribution in [1.82, 2.24) is 10.2 Å². The lowest BCUT2D eigenvalue weighted by Crippen LogP contribution is -2.53. The summed E-state index contributed by atoms with van der Waals surface area (Å²) in [6.45, 7) is -1.12. The third-order valence-corrected chi connectivity index (χ3v) is 9.45. The summed E-state index contributed by atoms with van der Waals surface area (Å²) in [6, 6.07) is 22.3. The third kappa shape index (κ3) is 7.97. The maximum absolute atomic E-state index is 15.0. The molecule has 0 aliphatic rings. The Balaban J connectivity index is 1.89. The van der Waals surface area contributed by atoms with Gasteiger partial charge in [-0.05, 0) is 35.9 Å². The number of carbonyl (C=O) groups excluding carboxylic acids is 2. The molecular weight excluding hydrogens is 641 g/mol. The largest absolute Gasteiger partial charge is 0.497 e. The Bertz CT molecular complexity index is 1840. The summed E-state index contributed by atoms with van der Waals surface area (Å²) in [6.07, 6.45) is 0.0750. The van der Waals surface area contributed by atoms with Gasteiger partial charge in [0.05, 0.1) is 39.0 Å². The number of hydrogen-bond acceptors (Lipinski definition) is 8. The van der Waals surface area contributed by atoms with Crippen LogP contribution in [0.2, 0.25) is 0 Å². The molecule has 0 saturated carbocycles. The summed E-state index contributed by atoms with van der Waals surface area (Å²) in [4.78, 5) is 29.0. The summed E-state index contributed by atoms with van der Waals surface area (Å²) >= 11 is 0. The van der Waals surface area contributed by atoms with Crippen LogP contribution < -0.4 is 28.6 Å². The summed E-state index contributed by atoms with van der Waals surface area (Å²) < 4.78 is 66.5. The third-order valence-electron chi connectivity index (χ3n) is 7.69. The number of rotatable bonds is 15. The minimum Gasteiger partial charge on any atom is -0.497 e. The van der Waals surface area contributed by atoms with Crippen molar-refractivity contribution in [3.05, 3.63) is 108 Å². The summed E-state index contributed by atoms with van der Waals surface area (Å²) in [7, 11) is 2.44. The molecule has 0 unspecified atom stereocenters. The molecule has 4 aromatic rings. The first kappa shape index (κ1) is 35.6. The molecule has 1 N–H and O–H groups in total. The number of hydrogen-bond donors (Lipinski definition) is 1. The van der Waals surface area contributed by atoms with Crippen molar-refractivity contribution in [3.63, 3.8) is 0 Å². The van der Waals surface area contributed by atoms with Gasteiger partial charge in [0.1, 0.15) is 29.9 Å². The van der Waals surface area contributed by atoms with E-state index in [-0.39, 0.29) is 40.6 Å². The molecule has 48 heavy (non-hydrogen) atoms. The molecule has 0 saturated heterocycles. The molecular formula is C35H38FN3O8S. The summed E-state index contributed by atoms with van der Waals surface area (Å²) in [5, 5.41) is 2.60. The Kier molecular flexibility index (Phi) is 11.9. The number of nitrogens with zero attached hydrogens (tertiary/aromatic N) is 2. The van der Waals surface area contributed by atoms with Crippen molar-refractivity contribution in [1.29, 1.82) is 0 Å². The Labute approximate surface area is 279 Å². The highest BCUT2D eigenvalue weighted by molar-refractivity contribution is 7.92. The van der Waals surface area contributed by atoms with E-state index in [0.29, 0.717) is 11.5 Å². The minimum absolute atomic E-state index is 0.00891. The molecule has 11 nitrogen and oxygen atoms in total. The summed E-state index contributed by atoms with van der Waals surface area (Å²) in [5.74, 6) is -1.03. The Hall–Kier alpha value is -5.30. The maximum atomic E-state index is 15.0. The van der Waals surface area contributed by atoms with Gasteiger partial charge in [-0.1, -0.05) is 48.5 Å². The van der Waals surface area contributed by atoms with Gasteiger partial charge < -0.3 is 29.2 Å². The highest BCUT2D eigenvalue weighted by Crippen LogP contribution is 2.38. The van der Waals surface area contributed by atoms with Crippen molar-refractivity contribution >= 4 is 27.5 Å². The monoisotopic (exact) mass is 679 g/mol. The van der Waals surface area contributed by atoms with Gasteiger partial charge in [0, 0.05) is 37.7 Å². The zero-order valence-corrected chi connectivity index (χ0v) is 28.1. The lowest BCUT2D eigenvalue weighted by molar-refractivity contribution is -0.139. The van der Waals surface area contributed by atoms with Gasteiger partial charge in [-0.2, -0.15) is 0 Å². The van der Waals surface area contributed by atoms with E-state index in [4.69, 9.17) is 18.9 Å². The lowest BCUT2D eigenvalue weighted by atomic mass is 10.0. The van der Waals surface area contributed by atoms with Crippen LogP contribution in [0.1, 0.15) is 11.1 Å². The molecule has 0 spiro atoms. The molecule has 1 atom stereocenters. The zero-order valence-electron chi connectivity index (χ0n) is 27.3. The van der Waals surface area contributed by atoms with E-state index in [1.165, 1.54) is 88.9 Å². The van der Waals surface area contributed by atoms with Crippen LogP contribution in [0.5, 0.6) is 23.0 Å². The normalized spacial score (nSPS) is 11.6. The molecule has 0 aliphatic carbocycles. The van der Waals surface area contributed by atoms with E-state index < -0.39 is 40.2 Å². The van der Waals surface area contributed by atoms with Crippen LogP contribution in [0.15, 0.2) is 95.9 Å². The smallest absolute Gasteiger partial charge is 0.265 e. The standard InChI is InChI=1S/C35H38FN3O8S/c1-37-35(41)30(19-24-11-7-6-8-12-24)38(22-25-13-9-10-14-28(25)36)34(40)23-39(29-20-26(44-2)15-17-31(29)45-3)48(42,43)27-16-18-32(46-4)33(21-27)47-5/h6-18,20-21,30H,19,22-23H2,1-5H3,(H,37,41)/t30-/m1/s1. The van der Waals surface area contributed by atoms with E-state index in [9.17, 15) is 18.0 Å². The molecule has 0 aliphatic heterocycles. The number of amides is 2. The molecule has 254 valence electrons. The van der Waals surface area contributed by atoms with Crippen LogP contribution >= 0.6 is 0 Å². The molecule has 0 fully saturated rings. The average Bonchev–Trinajstić information content (AvgIpc) is 3.11. The number of halogens is 1. The van der Waals surface area contributed by atoms with Crippen molar-refractivity contribution in [2.45, 2.75) is 23.9 Å². The molecule has 0 aromatic heterocycles. The van der Waals surface area contributed by atoms with Crippen molar-refractivity contribution < 1.29 is 41.3 Å². The second-order valence-corrected chi connectivity index (χ2v) is 12.4. The molecule has 13 heteroatoms. The fourth-order valence-corrected chi connectivity index (χ4v) is 6.57.